The minimum atomic E-state index is -0.340. The molecule has 0 aliphatic heterocycles. The van der Waals surface area contributed by atoms with E-state index in [1.54, 1.807) is 0 Å². The molecule has 0 atom stereocenters. The summed E-state index contributed by atoms with van der Waals surface area (Å²) in [6, 6.07) is 4.09. The van der Waals surface area contributed by atoms with E-state index in [1.807, 2.05) is 19.9 Å². The zero-order chi connectivity index (χ0) is 13.9. The molecule has 1 aliphatic carbocycles. The third-order valence-corrected chi connectivity index (χ3v) is 4.04. The average Bonchev–Trinajstić information content (AvgIpc) is 2.90. The Labute approximate surface area is 114 Å². The number of nitrogens with two attached hydrogens (primary N) is 1. The van der Waals surface area contributed by atoms with Gasteiger partial charge in [-0.25, -0.2) is 4.98 Å². The maximum absolute atomic E-state index is 9.19. The molecular formula is C15H21N3O. The minimum absolute atomic E-state index is 0.340. The third-order valence-electron chi connectivity index (χ3n) is 4.04. The van der Waals surface area contributed by atoms with Crippen molar-refractivity contribution in [3.05, 3.63) is 22.9 Å². The Hall–Kier alpha value is -1.60. The van der Waals surface area contributed by atoms with Crippen LogP contribution in [0.25, 0.3) is 0 Å². The molecule has 0 saturated heterocycles. The van der Waals surface area contributed by atoms with Crippen molar-refractivity contribution < 1.29 is 4.74 Å². The number of aryl methyl sites for hydroxylation is 2. The van der Waals surface area contributed by atoms with Crippen molar-refractivity contribution in [1.29, 1.82) is 5.26 Å². The van der Waals surface area contributed by atoms with Gasteiger partial charge in [-0.3, -0.25) is 0 Å². The lowest BCUT2D eigenvalue weighted by Gasteiger charge is -2.26. The molecule has 0 unspecified atom stereocenters. The fraction of sp³-hybridized carbons (Fsp3) is 0.600. The molecular weight excluding hydrogens is 238 g/mol. The summed E-state index contributed by atoms with van der Waals surface area (Å²) >= 11 is 0. The average molecular weight is 259 g/mol. The van der Waals surface area contributed by atoms with Gasteiger partial charge in [-0.1, -0.05) is 13.8 Å². The van der Waals surface area contributed by atoms with Crippen LogP contribution < -0.4 is 10.5 Å². The van der Waals surface area contributed by atoms with Crippen LogP contribution in [-0.4, -0.2) is 17.1 Å². The lowest BCUT2D eigenvalue weighted by atomic mass is 9.96. The van der Waals surface area contributed by atoms with Gasteiger partial charge in [-0.2, -0.15) is 5.26 Å². The van der Waals surface area contributed by atoms with Crippen LogP contribution in [0.2, 0.25) is 0 Å². The third kappa shape index (κ3) is 2.87. The highest BCUT2D eigenvalue weighted by molar-refractivity contribution is 5.44. The molecule has 1 heterocycles. The van der Waals surface area contributed by atoms with E-state index in [-0.39, 0.29) is 5.54 Å². The van der Waals surface area contributed by atoms with Gasteiger partial charge in [-0.05, 0) is 43.7 Å². The summed E-state index contributed by atoms with van der Waals surface area (Å²) in [6.45, 7) is 4.50. The van der Waals surface area contributed by atoms with Crippen molar-refractivity contribution in [3.63, 3.8) is 0 Å². The zero-order valence-corrected chi connectivity index (χ0v) is 11.7. The highest BCUT2D eigenvalue weighted by Crippen LogP contribution is 2.26. The van der Waals surface area contributed by atoms with Crippen molar-refractivity contribution in [3.8, 4) is 11.9 Å². The van der Waals surface area contributed by atoms with Crippen molar-refractivity contribution in [2.24, 2.45) is 5.73 Å². The van der Waals surface area contributed by atoms with Crippen LogP contribution in [0.4, 0.5) is 0 Å². The van der Waals surface area contributed by atoms with Gasteiger partial charge in [-0.15, -0.1) is 0 Å². The molecule has 1 aliphatic rings. The first-order chi connectivity index (χ1) is 9.11. The van der Waals surface area contributed by atoms with Crippen LogP contribution in [0.3, 0.4) is 0 Å². The molecule has 0 fully saturated rings. The number of ether oxygens (including phenoxy) is 1. The molecule has 2 N–H and O–H groups in total. The quantitative estimate of drug-likeness (QED) is 0.881. The van der Waals surface area contributed by atoms with E-state index in [4.69, 9.17) is 10.5 Å². The largest absolute Gasteiger partial charge is 0.475 e. The second kappa shape index (κ2) is 5.58. The maximum Gasteiger partial charge on any atom is 0.231 e. The summed E-state index contributed by atoms with van der Waals surface area (Å²) in [7, 11) is 0. The lowest BCUT2D eigenvalue weighted by Crippen LogP contribution is -2.44. The smallest absolute Gasteiger partial charge is 0.231 e. The first-order valence-corrected chi connectivity index (χ1v) is 6.96. The Kier molecular flexibility index (Phi) is 4.06. The van der Waals surface area contributed by atoms with Crippen LogP contribution in [0.15, 0.2) is 6.07 Å². The summed E-state index contributed by atoms with van der Waals surface area (Å²) in [5, 5.41) is 9.19. The van der Waals surface area contributed by atoms with E-state index < -0.39 is 0 Å². The predicted octanol–water partition coefficient (Wildman–Crippen LogP) is 2.34. The Morgan fingerprint density at radius 3 is 2.79 bits per heavy atom. The first-order valence-electron chi connectivity index (χ1n) is 6.96. The van der Waals surface area contributed by atoms with Crippen molar-refractivity contribution in [1.82, 2.24) is 4.98 Å². The molecule has 102 valence electrons. The number of hydrogen-bond acceptors (Lipinski definition) is 4. The predicted molar refractivity (Wildman–Crippen MR) is 74.0 cm³/mol. The summed E-state index contributed by atoms with van der Waals surface area (Å²) < 4.78 is 5.74. The maximum atomic E-state index is 9.19. The van der Waals surface area contributed by atoms with Gasteiger partial charge in [0.15, 0.2) is 0 Å². The Morgan fingerprint density at radius 2 is 2.16 bits per heavy atom. The highest BCUT2D eigenvalue weighted by atomic mass is 16.5. The molecule has 0 aromatic carbocycles. The van der Waals surface area contributed by atoms with Gasteiger partial charge in [0.05, 0.1) is 0 Å². The molecule has 0 amide bonds. The number of fused-ring (bicyclic) bond motifs is 1. The van der Waals surface area contributed by atoms with E-state index in [0.29, 0.717) is 18.1 Å². The highest BCUT2D eigenvalue weighted by Gasteiger charge is 2.23. The van der Waals surface area contributed by atoms with Crippen LogP contribution in [0.1, 0.15) is 49.9 Å². The number of hydrogen-bond donors (Lipinski definition) is 1. The standard InChI is InChI=1S/C15H21N3O/c1-3-15(17,4-2)10-19-14-12(9-16)8-11-6-5-7-13(11)18-14/h8H,3-7,10,17H2,1-2H3. The molecule has 0 saturated carbocycles. The summed E-state index contributed by atoms with van der Waals surface area (Å²) in [4.78, 5) is 4.50. The molecule has 4 heteroatoms. The van der Waals surface area contributed by atoms with E-state index >= 15 is 0 Å². The van der Waals surface area contributed by atoms with E-state index in [1.165, 1.54) is 5.56 Å². The molecule has 1 aromatic rings. The topological polar surface area (TPSA) is 71.9 Å². The van der Waals surface area contributed by atoms with E-state index in [9.17, 15) is 5.26 Å². The van der Waals surface area contributed by atoms with E-state index in [0.717, 1.165) is 37.8 Å². The Bertz CT molecular complexity index is 501. The Morgan fingerprint density at radius 1 is 1.42 bits per heavy atom. The van der Waals surface area contributed by atoms with Crippen LogP contribution in [0.5, 0.6) is 5.88 Å². The minimum Gasteiger partial charge on any atom is -0.475 e. The zero-order valence-electron chi connectivity index (χ0n) is 11.7. The normalized spacial score (nSPS) is 14.0. The SMILES string of the molecule is CCC(N)(CC)COc1nc2c(cc1C#N)CCC2. The molecule has 2 rings (SSSR count). The van der Waals surface area contributed by atoms with Gasteiger partial charge >= 0.3 is 0 Å². The molecule has 0 bridgehead atoms. The number of nitrogens with zero attached hydrogens (tertiary/aromatic N) is 2. The monoisotopic (exact) mass is 259 g/mol. The fourth-order valence-corrected chi connectivity index (χ4v) is 2.31. The van der Waals surface area contributed by atoms with Crippen LogP contribution in [-0.2, 0) is 12.8 Å². The van der Waals surface area contributed by atoms with Gasteiger partial charge < -0.3 is 10.5 Å². The second-order valence-electron chi connectivity index (χ2n) is 5.27. The van der Waals surface area contributed by atoms with Gasteiger partial charge in [0.25, 0.3) is 0 Å². The molecule has 4 nitrogen and oxygen atoms in total. The van der Waals surface area contributed by atoms with Crippen molar-refractivity contribution in [2.75, 3.05) is 6.61 Å². The van der Waals surface area contributed by atoms with Crippen molar-refractivity contribution in [2.45, 2.75) is 51.5 Å². The second-order valence-corrected chi connectivity index (χ2v) is 5.27. The van der Waals surface area contributed by atoms with Crippen LogP contribution >= 0.6 is 0 Å². The summed E-state index contributed by atoms with van der Waals surface area (Å²) in [5.74, 6) is 0.444. The number of aromatic nitrogens is 1. The fourth-order valence-electron chi connectivity index (χ4n) is 2.31. The number of pyridine rings is 1. The first kappa shape index (κ1) is 13.8. The number of rotatable bonds is 5. The van der Waals surface area contributed by atoms with Gasteiger partial charge in [0, 0.05) is 11.2 Å². The number of nitriles is 1. The molecule has 19 heavy (non-hydrogen) atoms. The molecule has 0 spiro atoms. The summed E-state index contributed by atoms with van der Waals surface area (Å²) in [5.41, 5.74) is 8.66. The van der Waals surface area contributed by atoms with Gasteiger partial charge in [0.1, 0.15) is 18.2 Å². The lowest BCUT2D eigenvalue weighted by molar-refractivity contribution is 0.200. The Balaban J connectivity index is 2.19. The van der Waals surface area contributed by atoms with Gasteiger partial charge in [0.2, 0.25) is 5.88 Å². The molecule has 0 radical (unpaired) electrons. The summed E-state index contributed by atoms with van der Waals surface area (Å²) in [6.07, 6.45) is 4.79. The van der Waals surface area contributed by atoms with Crippen LogP contribution in [0, 0.1) is 11.3 Å². The molecule has 1 aromatic heterocycles. The van der Waals surface area contributed by atoms with E-state index in [2.05, 4.69) is 11.1 Å². The van der Waals surface area contributed by atoms with Crippen molar-refractivity contribution >= 4 is 0 Å².